The van der Waals surface area contributed by atoms with Gasteiger partial charge < -0.3 is 15.1 Å². The van der Waals surface area contributed by atoms with Crippen LogP contribution in [0.3, 0.4) is 0 Å². The number of carbonyl (C=O) groups excluding carboxylic acids is 2. The van der Waals surface area contributed by atoms with Gasteiger partial charge in [-0.3, -0.25) is 4.79 Å². The van der Waals surface area contributed by atoms with Crippen LogP contribution < -0.4 is 10.2 Å². The Morgan fingerprint density at radius 3 is 2.48 bits per heavy atom. The van der Waals surface area contributed by atoms with Crippen LogP contribution in [0.15, 0.2) is 24.3 Å². The number of hydrogen-bond acceptors (Lipinski definition) is 2. The van der Waals surface area contributed by atoms with Crippen molar-refractivity contribution in [3.8, 4) is 0 Å². The quantitative estimate of drug-likeness (QED) is 0.928. The molecule has 2 rings (SSSR count). The number of benzene rings is 1. The molecule has 1 N–H and O–H groups in total. The van der Waals surface area contributed by atoms with E-state index in [1.165, 1.54) is 5.56 Å². The van der Waals surface area contributed by atoms with Crippen molar-refractivity contribution in [3.05, 3.63) is 29.8 Å². The van der Waals surface area contributed by atoms with Gasteiger partial charge in [-0.2, -0.15) is 0 Å². The minimum absolute atomic E-state index is 0.0276. The van der Waals surface area contributed by atoms with Crippen molar-refractivity contribution >= 4 is 17.6 Å². The zero-order chi connectivity index (χ0) is 17.0. The molecule has 0 radical (unpaired) electrons. The Bertz CT molecular complexity index is 554. The van der Waals surface area contributed by atoms with Crippen molar-refractivity contribution in [2.75, 3.05) is 24.5 Å². The maximum Gasteiger partial charge on any atom is 0.318 e. The van der Waals surface area contributed by atoms with Crippen molar-refractivity contribution < 1.29 is 9.59 Å². The van der Waals surface area contributed by atoms with Crippen LogP contribution in [0.4, 0.5) is 10.5 Å². The Labute approximate surface area is 138 Å². The molecule has 1 aromatic rings. The predicted molar refractivity (Wildman–Crippen MR) is 92.7 cm³/mol. The SMILES string of the molecule is CCCNC(=O)N1CCN(c2ccc(C(C)C)cc2)C(=O)[C@H]1C. The lowest BCUT2D eigenvalue weighted by Gasteiger charge is -2.39. The van der Waals surface area contributed by atoms with Crippen molar-refractivity contribution in [1.82, 2.24) is 10.2 Å². The van der Waals surface area contributed by atoms with Gasteiger partial charge >= 0.3 is 6.03 Å². The Balaban J connectivity index is 2.07. The van der Waals surface area contributed by atoms with E-state index in [1.807, 2.05) is 19.1 Å². The van der Waals surface area contributed by atoms with Gasteiger partial charge in [0.15, 0.2) is 0 Å². The summed E-state index contributed by atoms with van der Waals surface area (Å²) in [5, 5.41) is 2.84. The number of amides is 3. The second-order valence-corrected chi connectivity index (χ2v) is 6.34. The molecule has 0 bridgehead atoms. The number of nitrogens with one attached hydrogen (secondary N) is 1. The summed E-state index contributed by atoms with van der Waals surface area (Å²) in [6.45, 7) is 9.82. The highest BCUT2D eigenvalue weighted by Gasteiger charge is 2.34. The molecule has 1 heterocycles. The normalized spacial score (nSPS) is 18.5. The molecule has 0 aromatic heterocycles. The molecule has 23 heavy (non-hydrogen) atoms. The largest absolute Gasteiger partial charge is 0.338 e. The van der Waals surface area contributed by atoms with Gasteiger partial charge in [-0.1, -0.05) is 32.9 Å². The van der Waals surface area contributed by atoms with Crippen LogP contribution in [-0.2, 0) is 4.79 Å². The second kappa shape index (κ2) is 7.49. The topological polar surface area (TPSA) is 52.7 Å². The molecule has 5 heteroatoms. The summed E-state index contributed by atoms with van der Waals surface area (Å²) in [5.74, 6) is 0.443. The molecule has 1 fully saturated rings. The van der Waals surface area contributed by atoms with Gasteiger partial charge in [0.2, 0.25) is 5.91 Å². The van der Waals surface area contributed by atoms with Crippen molar-refractivity contribution in [1.29, 1.82) is 0 Å². The van der Waals surface area contributed by atoms with E-state index in [0.29, 0.717) is 25.6 Å². The molecule has 1 saturated heterocycles. The Morgan fingerprint density at radius 2 is 1.91 bits per heavy atom. The summed E-state index contributed by atoms with van der Waals surface area (Å²) < 4.78 is 0. The third-order valence-electron chi connectivity index (χ3n) is 4.31. The summed E-state index contributed by atoms with van der Waals surface area (Å²) in [4.78, 5) is 28.2. The first kappa shape index (κ1) is 17.3. The molecular formula is C18H27N3O2. The fourth-order valence-electron chi connectivity index (χ4n) is 2.78. The van der Waals surface area contributed by atoms with Gasteiger partial charge in [0.25, 0.3) is 0 Å². The number of hydrogen-bond donors (Lipinski definition) is 1. The maximum absolute atomic E-state index is 12.6. The molecule has 0 unspecified atom stereocenters. The lowest BCUT2D eigenvalue weighted by atomic mass is 10.0. The monoisotopic (exact) mass is 317 g/mol. The number of nitrogens with zero attached hydrogens (tertiary/aromatic N) is 2. The fraction of sp³-hybridized carbons (Fsp3) is 0.556. The van der Waals surface area contributed by atoms with Crippen molar-refractivity contribution in [2.24, 2.45) is 0 Å². The van der Waals surface area contributed by atoms with Gasteiger partial charge in [0.05, 0.1) is 0 Å². The molecule has 1 aliphatic heterocycles. The highest BCUT2D eigenvalue weighted by molar-refractivity contribution is 6.00. The number of anilines is 1. The number of piperazine rings is 1. The zero-order valence-electron chi connectivity index (χ0n) is 14.5. The lowest BCUT2D eigenvalue weighted by Crippen LogP contribution is -2.59. The van der Waals surface area contributed by atoms with Crippen LogP contribution in [0.25, 0.3) is 0 Å². The number of rotatable bonds is 4. The fourth-order valence-corrected chi connectivity index (χ4v) is 2.78. The van der Waals surface area contributed by atoms with Crippen LogP contribution in [-0.4, -0.2) is 42.5 Å². The van der Waals surface area contributed by atoms with E-state index in [0.717, 1.165) is 12.1 Å². The second-order valence-electron chi connectivity index (χ2n) is 6.34. The zero-order valence-corrected chi connectivity index (χ0v) is 14.5. The summed E-state index contributed by atoms with van der Waals surface area (Å²) in [6.07, 6.45) is 0.885. The third-order valence-corrected chi connectivity index (χ3v) is 4.31. The lowest BCUT2D eigenvalue weighted by molar-refractivity contribution is -0.124. The van der Waals surface area contributed by atoms with E-state index < -0.39 is 6.04 Å². The van der Waals surface area contributed by atoms with Crippen LogP contribution in [0.1, 0.15) is 45.6 Å². The van der Waals surface area contributed by atoms with E-state index in [4.69, 9.17) is 0 Å². The third kappa shape index (κ3) is 3.84. The van der Waals surface area contributed by atoms with Crippen LogP contribution in [0.5, 0.6) is 0 Å². The summed E-state index contributed by atoms with van der Waals surface area (Å²) in [5.41, 5.74) is 2.16. The van der Waals surface area contributed by atoms with E-state index in [-0.39, 0.29) is 11.9 Å². The van der Waals surface area contributed by atoms with Gasteiger partial charge in [-0.05, 0) is 37.0 Å². The summed E-state index contributed by atoms with van der Waals surface area (Å²) in [6, 6.07) is 7.53. The Morgan fingerprint density at radius 1 is 1.26 bits per heavy atom. The molecule has 1 aromatic carbocycles. The van der Waals surface area contributed by atoms with Crippen molar-refractivity contribution in [3.63, 3.8) is 0 Å². The molecule has 0 spiro atoms. The molecule has 1 aliphatic rings. The van der Waals surface area contributed by atoms with Gasteiger partial charge in [-0.15, -0.1) is 0 Å². The molecule has 5 nitrogen and oxygen atoms in total. The first-order valence-corrected chi connectivity index (χ1v) is 8.41. The predicted octanol–water partition coefficient (Wildman–Crippen LogP) is 2.97. The average molecular weight is 317 g/mol. The number of urea groups is 1. The summed E-state index contributed by atoms with van der Waals surface area (Å²) in [7, 11) is 0. The van der Waals surface area contributed by atoms with E-state index in [2.05, 4.69) is 31.3 Å². The minimum Gasteiger partial charge on any atom is -0.338 e. The Hall–Kier alpha value is -2.04. The van der Waals surface area contributed by atoms with Crippen LogP contribution in [0.2, 0.25) is 0 Å². The molecule has 126 valence electrons. The molecule has 0 saturated carbocycles. The van der Waals surface area contributed by atoms with Crippen molar-refractivity contribution in [2.45, 2.75) is 46.1 Å². The van der Waals surface area contributed by atoms with Gasteiger partial charge in [0.1, 0.15) is 6.04 Å². The smallest absolute Gasteiger partial charge is 0.318 e. The molecule has 1 atom stereocenters. The Kier molecular flexibility index (Phi) is 5.64. The maximum atomic E-state index is 12.6. The molecule has 3 amide bonds. The van der Waals surface area contributed by atoms with Crippen LogP contribution in [0, 0.1) is 0 Å². The first-order chi connectivity index (χ1) is 11.0. The standard InChI is InChI=1S/C18H27N3O2/c1-5-10-19-18(23)20-11-12-21(17(22)14(20)4)16-8-6-15(7-9-16)13(2)3/h6-9,13-14H,5,10-12H2,1-4H3,(H,19,23)/t14-/m1/s1. The highest BCUT2D eigenvalue weighted by Crippen LogP contribution is 2.23. The first-order valence-electron chi connectivity index (χ1n) is 8.41. The number of carbonyl (C=O) groups is 2. The van der Waals surface area contributed by atoms with Gasteiger partial charge in [0, 0.05) is 25.3 Å². The van der Waals surface area contributed by atoms with Crippen LogP contribution >= 0.6 is 0 Å². The minimum atomic E-state index is -0.439. The van der Waals surface area contributed by atoms with E-state index in [1.54, 1.807) is 16.7 Å². The molecule has 0 aliphatic carbocycles. The molecular weight excluding hydrogens is 290 g/mol. The average Bonchev–Trinajstić information content (AvgIpc) is 2.55. The van der Waals surface area contributed by atoms with E-state index >= 15 is 0 Å². The van der Waals surface area contributed by atoms with Gasteiger partial charge in [-0.25, -0.2) is 4.79 Å². The highest BCUT2D eigenvalue weighted by atomic mass is 16.2. The van der Waals surface area contributed by atoms with E-state index in [9.17, 15) is 9.59 Å². The summed E-state index contributed by atoms with van der Waals surface area (Å²) >= 11 is 0.